The minimum absolute atomic E-state index is 0. The van der Waals surface area contributed by atoms with E-state index in [-0.39, 0.29) is 17.0 Å². The second-order valence-electron chi connectivity index (χ2n) is 8.83. The lowest BCUT2D eigenvalue weighted by Crippen LogP contribution is -3.00. The number of benzene rings is 1. The van der Waals surface area contributed by atoms with Gasteiger partial charge >= 0.3 is 0 Å². The molecular formula is C24H44BrNO. The van der Waals surface area contributed by atoms with Crippen LogP contribution in [-0.2, 0) is 6.54 Å². The highest BCUT2D eigenvalue weighted by Gasteiger charge is 2.08. The molecule has 0 unspecified atom stereocenters. The summed E-state index contributed by atoms with van der Waals surface area (Å²) in [4.78, 5) is 0. The Kier molecular flexibility index (Phi) is 16.1. The summed E-state index contributed by atoms with van der Waals surface area (Å²) in [6, 6.07) is 8.62. The Morgan fingerprint density at radius 3 is 1.56 bits per heavy atom. The first-order valence-electron chi connectivity index (χ1n) is 11.0. The molecule has 2 nitrogen and oxygen atoms in total. The van der Waals surface area contributed by atoms with Crippen LogP contribution in [-0.4, -0.2) is 32.2 Å². The van der Waals surface area contributed by atoms with Gasteiger partial charge in [0.1, 0.15) is 12.3 Å². The Morgan fingerprint density at radius 1 is 0.667 bits per heavy atom. The zero-order valence-electron chi connectivity index (χ0n) is 18.4. The van der Waals surface area contributed by atoms with Crippen molar-refractivity contribution in [2.45, 2.75) is 90.5 Å². The molecule has 0 aliphatic rings. The average molecular weight is 443 g/mol. The fourth-order valence-electron chi connectivity index (χ4n) is 3.37. The van der Waals surface area contributed by atoms with Crippen molar-refractivity contribution in [1.82, 2.24) is 0 Å². The topological polar surface area (TPSA) is 9.23 Å². The van der Waals surface area contributed by atoms with Crippen molar-refractivity contribution in [2.75, 3.05) is 27.7 Å². The van der Waals surface area contributed by atoms with Gasteiger partial charge in [-0.25, -0.2) is 0 Å². The van der Waals surface area contributed by atoms with E-state index in [1.807, 2.05) is 0 Å². The van der Waals surface area contributed by atoms with Crippen LogP contribution in [0.2, 0.25) is 0 Å². The molecule has 0 amide bonds. The minimum atomic E-state index is 0. The van der Waals surface area contributed by atoms with Crippen molar-refractivity contribution in [2.24, 2.45) is 0 Å². The summed E-state index contributed by atoms with van der Waals surface area (Å²) in [5.74, 6) is 1.01. The predicted molar refractivity (Wildman–Crippen MR) is 115 cm³/mol. The molecule has 0 aliphatic heterocycles. The molecule has 158 valence electrons. The quantitative estimate of drug-likeness (QED) is 0.278. The van der Waals surface area contributed by atoms with E-state index >= 15 is 0 Å². The second kappa shape index (κ2) is 16.4. The summed E-state index contributed by atoms with van der Waals surface area (Å²) >= 11 is 0. The van der Waals surface area contributed by atoms with Crippen LogP contribution >= 0.6 is 0 Å². The van der Waals surface area contributed by atoms with Crippen molar-refractivity contribution in [1.29, 1.82) is 0 Å². The third-order valence-electron chi connectivity index (χ3n) is 4.85. The molecular weight excluding hydrogens is 398 g/mol. The third kappa shape index (κ3) is 16.1. The van der Waals surface area contributed by atoms with Crippen LogP contribution in [0.25, 0.3) is 0 Å². The molecule has 0 N–H and O–H groups in total. The van der Waals surface area contributed by atoms with Gasteiger partial charge in [-0.3, -0.25) is 0 Å². The average Bonchev–Trinajstić information content (AvgIpc) is 2.59. The van der Waals surface area contributed by atoms with Crippen LogP contribution in [0.3, 0.4) is 0 Å². The van der Waals surface area contributed by atoms with Gasteiger partial charge in [-0.15, -0.1) is 0 Å². The summed E-state index contributed by atoms with van der Waals surface area (Å²) in [6.07, 6.45) is 16.6. The molecule has 0 aliphatic carbocycles. The predicted octanol–water partition coefficient (Wildman–Crippen LogP) is 3.98. The van der Waals surface area contributed by atoms with Gasteiger partial charge < -0.3 is 26.2 Å². The van der Waals surface area contributed by atoms with Crippen molar-refractivity contribution < 1.29 is 26.2 Å². The minimum Gasteiger partial charge on any atom is -1.00 e. The molecule has 27 heavy (non-hydrogen) atoms. The molecule has 0 fully saturated rings. The molecule has 0 atom stereocenters. The van der Waals surface area contributed by atoms with Gasteiger partial charge in [0, 0.05) is 5.56 Å². The van der Waals surface area contributed by atoms with Crippen LogP contribution in [0.4, 0.5) is 0 Å². The summed E-state index contributed by atoms with van der Waals surface area (Å²) in [6.45, 7) is 4.19. The normalized spacial score (nSPS) is 11.3. The van der Waals surface area contributed by atoms with Crippen LogP contribution in [0.1, 0.15) is 89.5 Å². The van der Waals surface area contributed by atoms with Gasteiger partial charge in [0.2, 0.25) is 0 Å². The molecule has 1 rings (SSSR count). The maximum atomic E-state index is 5.88. The van der Waals surface area contributed by atoms with E-state index in [1.165, 1.54) is 82.6 Å². The maximum absolute atomic E-state index is 5.88. The number of rotatable bonds is 16. The van der Waals surface area contributed by atoms with Gasteiger partial charge in [0.05, 0.1) is 27.7 Å². The lowest BCUT2D eigenvalue weighted by molar-refractivity contribution is -0.884. The summed E-state index contributed by atoms with van der Waals surface area (Å²) < 4.78 is 6.84. The Bertz CT molecular complexity index is 439. The molecule has 0 radical (unpaired) electrons. The molecule has 3 heteroatoms. The summed E-state index contributed by atoms with van der Waals surface area (Å²) in [5, 5.41) is 0. The first kappa shape index (κ1) is 26.5. The van der Waals surface area contributed by atoms with Crippen LogP contribution in [0.5, 0.6) is 5.75 Å². The fourth-order valence-corrected chi connectivity index (χ4v) is 3.37. The highest BCUT2D eigenvalue weighted by molar-refractivity contribution is 5.26. The van der Waals surface area contributed by atoms with Crippen molar-refractivity contribution >= 4 is 0 Å². The number of nitrogens with zero attached hydrogens (tertiary/aromatic N) is 1. The zero-order valence-corrected chi connectivity index (χ0v) is 20.0. The standard InChI is InChI=1S/C24H44NO.BrH/c1-5-6-7-8-9-10-11-12-13-14-15-16-21-26-24-19-17-23(18-20-24)22-25(2,3)4;/h17-20H,5-16,21-22H2,1-4H3;1H/q+1;/p-1. The number of unbranched alkanes of at least 4 members (excludes halogenated alkanes) is 11. The second-order valence-corrected chi connectivity index (χ2v) is 8.83. The highest BCUT2D eigenvalue weighted by atomic mass is 79.9. The molecule has 0 saturated heterocycles. The lowest BCUT2D eigenvalue weighted by atomic mass is 10.1. The van der Waals surface area contributed by atoms with E-state index < -0.39 is 0 Å². The van der Waals surface area contributed by atoms with Gasteiger partial charge in [-0.05, 0) is 30.7 Å². The monoisotopic (exact) mass is 441 g/mol. The van der Waals surface area contributed by atoms with Gasteiger partial charge in [0.25, 0.3) is 0 Å². The fraction of sp³-hybridized carbons (Fsp3) is 0.750. The van der Waals surface area contributed by atoms with Crippen LogP contribution in [0, 0.1) is 0 Å². The highest BCUT2D eigenvalue weighted by Crippen LogP contribution is 2.16. The van der Waals surface area contributed by atoms with Gasteiger partial charge in [0.15, 0.2) is 0 Å². The molecule has 0 saturated carbocycles. The number of ether oxygens (including phenoxy) is 1. The number of halogens is 1. The lowest BCUT2D eigenvalue weighted by Gasteiger charge is -2.23. The summed E-state index contributed by atoms with van der Waals surface area (Å²) in [5.41, 5.74) is 1.37. The van der Waals surface area contributed by atoms with Gasteiger partial charge in [-0.2, -0.15) is 0 Å². The van der Waals surface area contributed by atoms with E-state index in [4.69, 9.17) is 4.74 Å². The Labute approximate surface area is 180 Å². The van der Waals surface area contributed by atoms with Crippen molar-refractivity contribution in [3.63, 3.8) is 0 Å². The van der Waals surface area contributed by atoms with Crippen molar-refractivity contribution in [3.05, 3.63) is 29.8 Å². The van der Waals surface area contributed by atoms with Crippen LogP contribution in [0.15, 0.2) is 24.3 Å². The van der Waals surface area contributed by atoms with Crippen LogP contribution < -0.4 is 21.7 Å². The Morgan fingerprint density at radius 2 is 1.11 bits per heavy atom. The number of hydrogen-bond donors (Lipinski definition) is 0. The molecule has 0 bridgehead atoms. The van der Waals surface area contributed by atoms with E-state index in [1.54, 1.807) is 0 Å². The smallest absolute Gasteiger partial charge is 0.119 e. The van der Waals surface area contributed by atoms with E-state index in [0.29, 0.717) is 0 Å². The Hall–Kier alpha value is -0.540. The molecule has 0 spiro atoms. The van der Waals surface area contributed by atoms with Gasteiger partial charge in [-0.1, -0.05) is 77.6 Å². The maximum Gasteiger partial charge on any atom is 0.119 e. The first-order valence-corrected chi connectivity index (χ1v) is 11.0. The number of quaternary nitrogens is 1. The molecule has 1 aromatic carbocycles. The van der Waals surface area contributed by atoms with E-state index in [0.717, 1.165) is 23.4 Å². The SMILES string of the molecule is CCCCCCCCCCCCCCOc1ccc(C[N+](C)(C)C)cc1.[Br-]. The Balaban J connectivity index is 0.00000676. The number of hydrogen-bond acceptors (Lipinski definition) is 1. The first-order chi connectivity index (χ1) is 12.5. The van der Waals surface area contributed by atoms with E-state index in [2.05, 4.69) is 52.3 Å². The zero-order chi connectivity index (χ0) is 19.1. The molecule has 1 aromatic rings. The van der Waals surface area contributed by atoms with Crippen molar-refractivity contribution in [3.8, 4) is 5.75 Å². The molecule has 0 aromatic heterocycles. The largest absolute Gasteiger partial charge is 1.00 e. The third-order valence-corrected chi connectivity index (χ3v) is 4.85. The molecule has 0 heterocycles. The van der Waals surface area contributed by atoms with E-state index in [9.17, 15) is 0 Å². The summed E-state index contributed by atoms with van der Waals surface area (Å²) in [7, 11) is 6.66.